The lowest BCUT2D eigenvalue weighted by atomic mass is 10.00. The van der Waals surface area contributed by atoms with Gasteiger partial charge in [-0.25, -0.2) is 19.9 Å². The van der Waals surface area contributed by atoms with Crippen LogP contribution < -0.4 is 14.4 Å². The summed E-state index contributed by atoms with van der Waals surface area (Å²) in [5, 5.41) is 18.9. The zero-order valence-electron chi connectivity index (χ0n) is 30.9. The van der Waals surface area contributed by atoms with Gasteiger partial charge in [0.2, 0.25) is 16.7 Å². The smallest absolute Gasteiger partial charge is 0.308 e. The van der Waals surface area contributed by atoms with Crippen molar-refractivity contribution in [3.8, 4) is 27.3 Å². The van der Waals surface area contributed by atoms with Crippen LogP contribution in [0.5, 0.6) is 11.5 Å². The monoisotopic (exact) mass is 766 g/mol. The largest absolute Gasteiger partial charge is 0.485 e. The van der Waals surface area contributed by atoms with Crippen molar-refractivity contribution < 1.29 is 23.8 Å². The number of amides is 1. The third kappa shape index (κ3) is 8.62. The van der Waals surface area contributed by atoms with Crippen LogP contribution in [0.15, 0.2) is 57.8 Å². The molecule has 0 aliphatic carbocycles. The fourth-order valence-corrected chi connectivity index (χ4v) is 8.16. The molecule has 2 aliphatic rings. The van der Waals surface area contributed by atoms with Crippen molar-refractivity contribution in [3.63, 3.8) is 0 Å². The van der Waals surface area contributed by atoms with E-state index in [9.17, 15) is 14.9 Å². The Balaban J connectivity index is 1.34. The number of hydrogen-bond acceptors (Lipinski definition) is 12. The molecule has 3 aromatic rings. The highest BCUT2D eigenvalue weighted by atomic mass is 32.1. The average molecular weight is 767 g/mol. The molecule has 1 atom stereocenters. The van der Waals surface area contributed by atoms with Gasteiger partial charge in [-0.3, -0.25) is 9.59 Å². The van der Waals surface area contributed by atoms with E-state index in [1.165, 1.54) is 27.6 Å². The van der Waals surface area contributed by atoms with Crippen molar-refractivity contribution in [2.45, 2.75) is 66.2 Å². The van der Waals surface area contributed by atoms with Gasteiger partial charge >= 0.3 is 5.97 Å². The van der Waals surface area contributed by atoms with E-state index in [-0.39, 0.29) is 47.7 Å². The van der Waals surface area contributed by atoms with Crippen molar-refractivity contribution in [1.29, 1.82) is 5.26 Å². The van der Waals surface area contributed by atoms with Crippen LogP contribution in [-0.2, 0) is 14.3 Å². The number of thiophene rings is 1. The van der Waals surface area contributed by atoms with Gasteiger partial charge in [0.25, 0.3) is 5.70 Å². The van der Waals surface area contributed by atoms with Crippen LogP contribution in [0, 0.1) is 30.4 Å². The number of carbonyl (C=O) groups excluding carboxylic acids is 2. The highest BCUT2D eigenvalue weighted by molar-refractivity contribution is 7.24. The Hall–Kier alpha value is -5.56. The van der Waals surface area contributed by atoms with Crippen LogP contribution in [0.1, 0.15) is 71.1 Å². The highest BCUT2D eigenvalue weighted by Gasteiger charge is 2.42. The number of ether oxygens (including phenoxy) is 3. The molecule has 0 saturated heterocycles. The quantitative estimate of drug-likeness (QED) is 0.0573. The minimum Gasteiger partial charge on any atom is -0.485 e. The third-order valence-electron chi connectivity index (χ3n) is 9.01. The number of azo groups is 1. The second kappa shape index (κ2) is 19.0. The summed E-state index contributed by atoms with van der Waals surface area (Å²) < 4.78 is 17.7. The molecule has 13 nitrogen and oxygen atoms in total. The molecule has 0 fully saturated rings. The first kappa shape index (κ1) is 39.6. The maximum absolute atomic E-state index is 13.9. The summed E-state index contributed by atoms with van der Waals surface area (Å²) in [7, 11) is 0. The molecule has 0 spiro atoms. The van der Waals surface area contributed by atoms with Gasteiger partial charge < -0.3 is 24.0 Å². The molecule has 5 rings (SSSR count). The molecule has 15 heteroatoms. The molecule has 1 aromatic carbocycles. The first-order valence-electron chi connectivity index (χ1n) is 18.1. The van der Waals surface area contributed by atoms with Crippen LogP contribution in [0.25, 0.3) is 25.0 Å². The molecule has 54 heavy (non-hydrogen) atoms. The molecule has 2 aliphatic heterocycles. The maximum atomic E-state index is 13.9. The lowest BCUT2D eigenvalue weighted by molar-refractivity contribution is -0.148. The summed E-state index contributed by atoms with van der Waals surface area (Å²) in [6.07, 6.45) is 6.80. The number of fused-ring (bicyclic) bond motifs is 1. The molecule has 4 heterocycles. The number of unbranched alkanes of at least 4 members (excludes halogenated alkanes) is 2. The fourth-order valence-electron chi connectivity index (χ4n) is 6.11. The number of nitrogens with zero attached hydrogens (tertiary/aromatic N) is 8. The molecule has 280 valence electrons. The number of likely N-dealkylation sites (N-methyl/N-ethyl adjacent to an activating group) is 1. The summed E-state index contributed by atoms with van der Waals surface area (Å²) in [6.45, 7) is 26.2. The molecule has 0 radical (unpaired) electrons. The minimum atomic E-state index is -0.455. The van der Waals surface area contributed by atoms with E-state index in [0.717, 1.165) is 44.3 Å². The van der Waals surface area contributed by atoms with Crippen LogP contribution in [-0.4, -0.2) is 61.2 Å². The van der Waals surface area contributed by atoms with E-state index < -0.39 is 5.91 Å². The average Bonchev–Trinajstić information content (AvgIpc) is 3.90. The summed E-state index contributed by atoms with van der Waals surface area (Å²) in [4.78, 5) is 43.2. The van der Waals surface area contributed by atoms with E-state index in [1.807, 2.05) is 44.2 Å². The van der Waals surface area contributed by atoms with E-state index in [4.69, 9.17) is 27.4 Å². The predicted molar refractivity (Wildman–Crippen MR) is 209 cm³/mol. The Morgan fingerprint density at radius 1 is 1.07 bits per heavy atom. The van der Waals surface area contributed by atoms with Crippen LogP contribution >= 0.6 is 22.7 Å². The van der Waals surface area contributed by atoms with Gasteiger partial charge in [0.15, 0.2) is 11.5 Å². The predicted octanol–water partition coefficient (Wildman–Crippen LogP) is 9.57. The summed E-state index contributed by atoms with van der Waals surface area (Å²) in [5.41, 5.74) is 1.39. The van der Waals surface area contributed by atoms with E-state index in [2.05, 4.69) is 43.6 Å². The number of hydrogen-bond donors (Lipinski definition) is 0. The maximum Gasteiger partial charge on any atom is 0.308 e. The van der Waals surface area contributed by atoms with Gasteiger partial charge in [0, 0.05) is 25.0 Å². The Morgan fingerprint density at radius 3 is 2.43 bits per heavy atom. The van der Waals surface area contributed by atoms with Gasteiger partial charge in [-0.1, -0.05) is 51.4 Å². The van der Waals surface area contributed by atoms with E-state index in [0.29, 0.717) is 63.1 Å². The molecule has 0 bridgehead atoms. The number of rotatable bonds is 17. The Morgan fingerprint density at radius 2 is 1.80 bits per heavy atom. The Kier molecular flexibility index (Phi) is 13.9. The van der Waals surface area contributed by atoms with Gasteiger partial charge in [0.05, 0.1) is 63.3 Å². The zero-order valence-corrected chi connectivity index (χ0v) is 32.5. The van der Waals surface area contributed by atoms with Gasteiger partial charge in [-0.2, -0.15) is 0 Å². The first-order valence-corrected chi connectivity index (χ1v) is 19.7. The summed E-state index contributed by atoms with van der Waals surface area (Å²) in [5.74, 6) is 0.165. The van der Waals surface area contributed by atoms with Crippen LogP contribution in [0.4, 0.5) is 16.5 Å². The lowest BCUT2D eigenvalue weighted by Gasteiger charge is -2.23. The molecule has 0 N–H and O–H groups in total. The molecular weight excluding hydrogens is 725 g/mol. The highest BCUT2D eigenvalue weighted by Crippen LogP contribution is 2.55. The van der Waals surface area contributed by atoms with E-state index >= 15 is 0 Å². The van der Waals surface area contributed by atoms with Crippen molar-refractivity contribution >= 4 is 56.6 Å². The number of thiazole rings is 1. The molecule has 2 aromatic heterocycles. The summed E-state index contributed by atoms with van der Waals surface area (Å²) in [6, 6.07) is 9.51. The number of aromatic nitrogens is 1. The van der Waals surface area contributed by atoms with Crippen LogP contribution in [0.3, 0.4) is 0 Å². The number of nitriles is 1. The number of anilines is 1. The second-order valence-corrected chi connectivity index (χ2v) is 14.4. The molecule has 0 saturated carbocycles. The first-order chi connectivity index (χ1) is 26.3. The molecule has 1 amide bonds. The molecule has 1 unspecified atom stereocenters. The van der Waals surface area contributed by atoms with Gasteiger partial charge in [-0.15, -0.1) is 21.6 Å². The SMILES string of the molecule is [C-]#[N+]C1=C(c2sc(-c3cnc(N=Nc4ccc(N(CC)CCOC(=O)C(CC)CCCC)cc4)s3)c3c2OCCO3)C(=O)N(CCCC)/C1=C(\C#N)[N+]#[C-]. The Bertz CT molecular complexity index is 2050. The van der Waals surface area contributed by atoms with Crippen LogP contribution in [0.2, 0.25) is 0 Å². The van der Waals surface area contributed by atoms with Crippen molar-refractivity contribution in [2.75, 3.05) is 44.4 Å². The van der Waals surface area contributed by atoms with Crippen molar-refractivity contribution in [2.24, 2.45) is 16.1 Å². The topological polar surface area (TPSA) is 138 Å². The van der Waals surface area contributed by atoms with Crippen molar-refractivity contribution in [3.05, 3.63) is 75.3 Å². The van der Waals surface area contributed by atoms with Gasteiger partial charge in [0.1, 0.15) is 19.8 Å². The summed E-state index contributed by atoms with van der Waals surface area (Å²) >= 11 is 2.52. The standard InChI is InChI=1S/C39H42N8O5S2/c1-7-11-13-25(9-3)38(49)52-20-19-46(10-4)27-16-14-26(15-17-27)44-45-39-43-24-29(53-39)35-33-34(51-22-21-50-33)36(54-35)30-31(42-6)32(28(23-40)41-5)47(37(30)48)18-12-8-2/h14-17,24-25H,7-13,18-22H2,1-4H3/b32-28+,45-44?. The number of esters is 1. The zero-order chi connectivity index (χ0) is 38.6. The lowest BCUT2D eigenvalue weighted by Crippen LogP contribution is -2.29. The second-order valence-electron chi connectivity index (χ2n) is 12.4. The van der Waals surface area contributed by atoms with Gasteiger partial charge in [-0.05, 0) is 50.5 Å². The number of carbonyl (C=O) groups is 2. The minimum absolute atomic E-state index is 0.0380. The molecular formula is C39H42N8O5S2. The Labute approximate surface area is 323 Å². The number of allylic oxidation sites excluding steroid dienone is 1. The number of benzene rings is 1. The fraction of sp³-hybridized carbons (Fsp3) is 0.436. The normalized spacial score (nSPS) is 15.2. The van der Waals surface area contributed by atoms with Crippen molar-refractivity contribution in [1.82, 2.24) is 9.88 Å². The third-order valence-corrected chi connectivity index (χ3v) is 11.2. The van der Waals surface area contributed by atoms with E-state index in [1.54, 1.807) is 6.20 Å².